The van der Waals surface area contributed by atoms with Crippen LogP contribution in [-0.2, 0) is 20.9 Å². The Kier molecular flexibility index (Phi) is 9.22. The average molecular weight is 689 g/mol. The predicted octanol–water partition coefficient (Wildman–Crippen LogP) is 5.42. The number of benzene rings is 3. The van der Waals surface area contributed by atoms with Gasteiger partial charge in [-0.2, -0.15) is 0 Å². The maximum Gasteiger partial charge on any atom is 0.251 e. The molecule has 3 heterocycles. The normalized spacial score (nSPS) is 26.6. The second-order valence-electron chi connectivity index (χ2n) is 12.0. The van der Waals surface area contributed by atoms with Gasteiger partial charge >= 0.3 is 0 Å². The molecule has 0 aromatic heterocycles. The summed E-state index contributed by atoms with van der Waals surface area (Å²) in [6, 6.07) is 22.9. The number of carbonyl (C=O) groups excluding carboxylic acids is 3. The van der Waals surface area contributed by atoms with Crippen molar-refractivity contribution in [3.8, 4) is 0 Å². The third-order valence-corrected chi connectivity index (χ3v) is 12.6. The number of anilines is 1. The molecular formula is C36H38BrN3O4S. The van der Waals surface area contributed by atoms with Crippen molar-refractivity contribution in [3.05, 3.63) is 104 Å². The molecule has 6 rings (SSSR count). The van der Waals surface area contributed by atoms with Crippen LogP contribution in [-0.4, -0.2) is 79.7 Å². The van der Waals surface area contributed by atoms with E-state index in [-0.39, 0.29) is 47.5 Å². The van der Waals surface area contributed by atoms with Crippen LogP contribution in [0, 0.1) is 11.8 Å². The molecule has 3 aliphatic heterocycles. The van der Waals surface area contributed by atoms with Gasteiger partial charge in [0.05, 0.1) is 16.6 Å². The Morgan fingerprint density at radius 3 is 2.42 bits per heavy atom. The van der Waals surface area contributed by atoms with Crippen molar-refractivity contribution in [1.29, 1.82) is 0 Å². The lowest BCUT2D eigenvalue weighted by Gasteiger charge is -2.38. The van der Waals surface area contributed by atoms with E-state index in [4.69, 9.17) is 0 Å². The number of fused-ring (bicyclic) bond motifs is 2. The molecule has 3 fully saturated rings. The van der Waals surface area contributed by atoms with E-state index in [1.165, 1.54) is 0 Å². The van der Waals surface area contributed by atoms with Gasteiger partial charge in [-0.05, 0) is 41.3 Å². The molecule has 3 unspecified atom stereocenters. The van der Waals surface area contributed by atoms with E-state index in [2.05, 4.69) is 29.1 Å². The molecule has 3 aromatic carbocycles. The predicted molar refractivity (Wildman–Crippen MR) is 184 cm³/mol. The van der Waals surface area contributed by atoms with Crippen molar-refractivity contribution < 1.29 is 19.5 Å². The molecule has 7 nitrogen and oxygen atoms in total. The Labute approximate surface area is 277 Å². The SMILES string of the molecule is C=CCN(Cc1ccccc1)C(=O)[C@H]1[C@@H]2SC3(CC2Br)C(C(=O)N(CC=C)c2ccc4ccccc4c2)N(CCCO)C(=O)[C@H]13. The van der Waals surface area contributed by atoms with Crippen molar-refractivity contribution in [2.24, 2.45) is 11.8 Å². The highest BCUT2D eigenvalue weighted by Gasteiger charge is 2.76. The molecule has 3 saturated heterocycles. The van der Waals surface area contributed by atoms with Crippen LogP contribution < -0.4 is 4.90 Å². The molecule has 9 heteroatoms. The van der Waals surface area contributed by atoms with Crippen LogP contribution in [0.1, 0.15) is 18.4 Å². The highest BCUT2D eigenvalue weighted by molar-refractivity contribution is 9.09. The summed E-state index contributed by atoms with van der Waals surface area (Å²) in [4.78, 5) is 48.9. The first-order valence-corrected chi connectivity index (χ1v) is 17.2. The molecule has 234 valence electrons. The number of thioether (sulfide) groups is 1. The van der Waals surface area contributed by atoms with Gasteiger partial charge in [0, 0.05) is 48.6 Å². The monoisotopic (exact) mass is 687 g/mol. The largest absolute Gasteiger partial charge is 0.396 e. The van der Waals surface area contributed by atoms with Crippen LogP contribution in [0.2, 0.25) is 0 Å². The Morgan fingerprint density at radius 2 is 1.71 bits per heavy atom. The summed E-state index contributed by atoms with van der Waals surface area (Å²) in [5.41, 5.74) is 1.73. The van der Waals surface area contributed by atoms with Gasteiger partial charge in [0.1, 0.15) is 6.04 Å². The van der Waals surface area contributed by atoms with Crippen LogP contribution >= 0.6 is 27.7 Å². The second kappa shape index (κ2) is 13.1. The molecule has 1 N–H and O–H groups in total. The summed E-state index contributed by atoms with van der Waals surface area (Å²) in [6.45, 7) is 9.00. The summed E-state index contributed by atoms with van der Waals surface area (Å²) >= 11 is 5.50. The molecule has 3 amide bonds. The maximum absolute atomic E-state index is 14.9. The standard InChI is InChI=1S/C36H38BrN3O4S/c1-3-17-38(23-24-11-6-5-7-12-24)33(42)29-30-34(43)40(19-10-20-41)32(36(30)22-28(37)31(29)45-36)35(44)39(18-4-2)27-16-15-25-13-8-9-14-26(25)21-27/h3-9,11-16,21,28-32,41H,1-2,10,17-20,22-23H2/t28?,29-,30+,31-,32?,36?/m1/s1. The molecule has 3 aliphatic rings. The van der Waals surface area contributed by atoms with E-state index in [1.54, 1.807) is 38.6 Å². The number of carbonyl (C=O) groups is 3. The van der Waals surface area contributed by atoms with Gasteiger partial charge in [-0.1, -0.05) is 88.7 Å². The number of hydrogen-bond donors (Lipinski definition) is 1. The topological polar surface area (TPSA) is 81.2 Å². The van der Waals surface area contributed by atoms with Crippen molar-refractivity contribution in [3.63, 3.8) is 0 Å². The molecule has 0 saturated carbocycles. The van der Waals surface area contributed by atoms with Crippen molar-refractivity contribution in [2.75, 3.05) is 31.1 Å². The van der Waals surface area contributed by atoms with Gasteiger partial charge in [0.15, 0.2) is 0 Å². The fourth-order valence-corrected chi connectivity index (χ4v) is 11.1. The Morgan fingerprint density at radius 1 is 1.00 bits per heavy atom. The van der Waals surface area contributed by atoms with Gasteiger partial charge in [-0.25, -0.2) is 0 Å². The van der Waals surface area contributed by atoms with Crippen LogP contribution in [0.5, 0.6) is 0 Å². The smallest absolute Gasteiger partial charge is 0.251 e. The quantitative estimate of drug-likeness (QED) is 0.203. The highest BCUT2D eigenvalue weighted by atomic mass is 79.9. The van der Waals surface area contributed by atoms with Gasteiger partial charge in [-0.15, -0.1) is 24.9 Å². The first-order chi connectivity index (χ1) is 21.8. The Balaban J connectivity index is 1.39. The lowest BCUT2D eigenvalue weighted by Crippen LogP contribution is -2.56. The van der Waals surface area contributed by atoms with E-state index in [0.717, 1.165) is 22.0 Å². The lowest BCUT2D eigenvalue weighted by atomic mass is 9.70. The molecule has 0 radical (unpaired) electrons. The molecule has 2 bridgehead atoms. The number of nitrogens with zero attached hydrogens (tertiary/aromatic N) is 3. The lowest BCUT2D eigenvalue weighted by molar-refractivity contribution is -0.144. The van der Waals surface area contributed by atoms with Crippen LogP contribution in [0.15, 0.2) is 98.1 Å². The minimum Gasteiger partial charge on any atom is -0.396 e. The van der Waals surface area contributed by atoms with E-state index >= 15 is 0 Å². The number of hydrogen-bond acceptors (Lipinski definition) is 5. The van der Waals surface area contributed by atoms with Crippen molar-refractivity contribution in [2.45, 2.75) is 40.3 Å². The zero-order valence-corrected chi connectivity index (χ0v) is 27.5. The second-order valence-corrected chi connectivity index (χ2v) is 14.8. The van der Waals surface area contributed by atoms with Gasteiger partial charge in [-0.3, -0.25) is 14.4 Å². The maximum atomic E-state index is 14.9. The zero-order chi connectivity index (χ0) is 31.7. The number of aliphatic hydroxyl groups excluding tert-OH is 1. The van der Waals surface area contributed by atoms with Crippen LogP contribution in [0.4, 0.5) is 5.69 Å². The van der Waals surface area contributed by atoms with Crippen molar-refractivity contribution >= 4 is 61.9 Å². The molecule has 6 atom stereocenters. The fraction of sp³-hybridized carbons (Fsp3) is 0.361. The van der Waals surface area contributed by atoms with E-state index in [1.807, 2.05) is 72.8 Å². The summed E-state index contributed by atoms with van der Waals surface area (Å²) in [6.07, 6.45) is 4.35. The molecule has 1 spiro atoms. The summed E-state index contributed by atoms with van der Waals surface area (Å²) in [5.74, 6) is -1.69. The fourth-order valence-electron chi connectivity index (χ4n) is 7.52. The van der Waals surface area contributed by atoms with Gasteiger partial charge in [0.2, 0.25) is 11.8 Å². The van der Waals surface area contributed by atoms with Gasteiger partial charge in [0.25, 0.3) is 5.91 Å². The number of likely N-dealkylation sites (tertiary alicyclic amines) is 1. The number of aliphatic hydroxyl groups is 1. The molecule has 3 aromatic rings. The van der Waals surface area contributed by atoms with Gasteiger partial charge < -0.3 is 19.8 Å². The first-order valence-electron chi connectivity index (χ1n) is 15.4. The average Bonchev–Trinajstić information content (AvgIpc) is 3.65. The van der Waals surface area contributed by atoms with E-state index < -0.39 is 22.6 Å². The summed E-state index contributed by atoms with van der Waals surface area (Å²) < 4.78 is -0.786. The zero-order valence-electron chi connectivity index (χ0n) is 25.1. The summed E-state index contributed by atoms with van der Waals surface area (Å²) in [7, 11) is 0. The minimum atomic E-state index is -0.789. The van der Waals surface area contributed by atoms with Crippen molar-refractivity contribution in [1.82, 2.24) is 9.80 Å². The number of halogens is 1. The number of alkyl halides is 1. The molecular weight excluding hydrogens is 650 g/mol. The van der Waals surface area contributed by atoms with E-state index in [9.17, 15) is 19.5 Å². The number of amides is 3. The third-order valence-electron chi connectivity index (χ3n) is 9.37. The van der Waals surface area contributed by atoms with Crippen LogP contribution in [0.3, 0.4) is 0 Å². The highest BCUT2D eigenvalue weighted by Crippen LogP contribution is 2.68. The Bertz CT molecular complexity index is 1620. The van der Waals surface area contributed by atoms with E-state index in [0.29, 0.717) is 25.9 Å². The number of rotatable bonds is 12. The molecule has 0 aliphatic carbocycles. The Hall–Kier alpha value is -3.40. The summed E-state index contributed by atoms with van der Waals surface area (Å²) in [5, 5.41) is 11.7. The van der Waals surface area contributed by atoms with Crippen LogP contribution in [0.25, 0.3) is 10.8 Å². The molecule has 45 heavy (non-hydrogen) atoms. The first kappa shape index (κ1) is 31.6. The third kappa shape index (κ3) is 5.53. The minimum absolute atomic E-state index is 0.0376.